The third-order valence-corrected chi connectivity index (χ3v) is 4.24. The van der Waals surface area contributed by atoms with Crippen molar-refractivity contribution in [1.82, 2.24) is 10.2 Å². The van der Waals surface area contributed by atoms with E-state index in [0.29, 0.717) is 36.7 Å². The first-order valence-electron chi connectivity index (χ1n) is 8.00. The van der Waals surface area contributed by atoms with Crippen molar-refractivity contribution in [3.63, 3.8) is 0 Å². The Hall–Kier alpha value is -2.08. The molecule has 1 saturated heterocycles. The Morgan fingerprint density at radius 2 is 2.08 bits per heavy atom. The van der Waals surface area contributed by atoms with Gasteiger partial charge in [0.2, 0.25) is 5.91 Å². The molecule has 0 aliphatic carbocycles. The second kappa shape index (κ2) is 8.68. The van der Waals surface area contributed by atoms with E-state index in [-0.39, 0.29) is 24.3 Å². The third-order valence-electron chi connectivity index (χ3n) is 3.91. The fraction of sp³-hybridized carbons (Fsp3) is 0.471. The van der Waals surface area contributed by atoms with Crippen LogP contribution in [0.3, 0.4) is 0 Å². The summed E-state index contributed by atoms with van der Waals surface area (Å²) in [5.41, 5.74) is 0.329. The molecule has 2 rings (SSSR count). The number of benzene rings is 1. The van der Waals surface area contributed by atoms with Crippen molar-refractivity contribution in [3.8, 4) is 0 Å². The predicted octanol–water partition coefficient (Wildman–Crippen LogP) is 1.87. The van der Waals surface area contributed by atoms with Gasteiger partial charge < -0.3 is 15.0 Å². The monoisotopic (exact) mass is 352 g/mol. The number of ether oxygens (including phenoxy) is 1. The molecule has 1 aromatic carbocycles. The normalized spacial score (nSPS) is 17.2. The minimum absolute atomic E-state index is 0.125. The van der Waals surface area contributed by atoms with Gasteiger partial charge in [-0.15, -0.1) is 0 Å². The summed E-state index contributed by atoms with van der Waals surface area (Å²) in [6.07, 6.45) is 1.46. The first-order chi connectivity index (χ1) is 11.5. The molecule has 1 aromatic rings. The van der Waals surface area contributed by atoms with E-state index in [0.717, 1.165) is 6.42 Å². The maximum absolute atomic E-state index is 12.3. The number of carbonyl (C=O) groups is 3. The molecule has 0 radical (unpaired) electrons. The fourth-order valence-corrected chi connectivity index (χ4v) is 2.89. The molecule has 1 aliphatic rings. The number of halogens is 1. The minimum atomic E-state index is -0.395. The highest BCUT2D eigenvalue weighted by Crippen LogP contribution is 2.18. The summed E-state index contributed by atoms with van der Waals surface area (Å²) in [5, 5.41) is 2.91. The molecule has 0 bridgehead atoms. The number of hydrogen-bond donors (Lipinski definition) is 1. The average molecular weight is 353 g/mol. The Kier molecular flexibility index (Phi) is 6.61. The number of amides is 2. The molecule has 7 heteroatoms. The summed E-state index contributed by atoms with van der Waals surface area (Å²) in [6, 6.07) is 6.65. The van der Waals surface area contributed by atoms with Gasteiger partial charge in [-0.05, 0) is 31.9 Å². The van der Waals surface area contributed by atoms with E-state index < -0.39 is 5.91 Å². The maximum Gasteiger partial charge on any atom is 0.310 e. The van der Waals surface area contributed by atoms with Crippen LogP contribution in [0.25, 0.3) is 0 Å². The van der Waals surface area contributed by atoms with Crippen molar-refractivity contribution in [3.05, 3.63) is 34.9 Å². The van der Waals surface area contributed by atoms with Crippen molar-refractivity contribution in [1.29, 1.82) is 0 Å². The van der Waals surface area contributed by atoms with E-state index in [9.17, 15) is 14.4 Å². The molecule has 1 unspecified atom stereocenters. The summed E-state index contributed by atoms with van der Waals surface area (Å²) >= 11 is 5.96. The molecule has 130 valence electrons. The lowest BCUT2D eigenvalue weighted by Crippen LogP contribution is -2.46. The van der Waals surface area contributed by atoms with Gasteiger partial charge in [0.15, 0.2) is 0 Å². The van der Waals surface area contributed by atoms with Crippen molar-refractivity contribution >= 4 is 29.4 Å². The van der Waals surface area contributed by atoms with Crippen LogP contribution >= 0.6 is 11.6 Å². The van der Waals surface area contributed by atoms with E-state index >= 15 is 0 Å². The lowest BCUT2D eigenvalue weighted by molar-refractivity contribution is -0.151. The second-order valence-corrected chi connectivity index (χ2v) is 6.00. The summed E-state index contributed by atoms with van der Waals surface area (Å²) in [4.78, 5) is 37.7. The topological polar surface area (TPSA) is 75.7 Å². The Morgan fingerprint density at radius 1 is 1.33 bits per heavy atom. The Balaban J connectivity index is 1.87. The highest BCUT2D eigenvalue weighted by Gasteiger charge is 2.29. The molecule has 1 N–H and O–H groups in total. The standard InChI is InChI=1S/C17H21ClN2O4/c1-2-24-17(23)12-6-5-9-20(11-12)15(21)10-19-16(22)13-7-3-4-8-14(13)18/h3-4,7-8,12H,2,5-6,9-11H2,1H3,(H,19,22). The summed E-state index contributed by atoms with van der Waals surface area (Å²) in [5.74, 6) is -1.17. The van der Waals surface area contributed by atoms with Crippen LogP contribution < -0.4 is 5.32 Å². The van der Waals surface area contributed by atoms with Gasteiger partial charge in [0.25, 0.3) is 5.91 Å². The molecule has 0 saturated carbocycles. The molecule has 1 aliphatic heterocycles. The van der Waals surface area contributed by atoms with Crippen molar-refractivity contribution in [2.75, 3.05) is 26.2 Å². The van der Waals surface area contributed by atoms with Crippen LogP contribution in [0.15, 0.2) is 24.3 Å². The second-order valence-electron chi connectivity index (χ2n) is 5.59. The molecule has 0 spiro atoms. The average Bonchev–Trinajstić information content (AvgIpc) is 2.60. The molecule has 1 heterocycles. The highest BCUT2D eigenvalue weighted by molar-refractivity contribution is 6.33. The van der Waals surface area contributed by atoms with Crippen LogP contribution in [0.2, 0.25) is 5.02 Å². The SMILES string of the molecule is CCOC(=O)C1CCCN(C(=O)CNC(=O)c2ccccc2Cl)C1. The van der Waals surface area contributed by atoms with E-state index in [1.807, 2.05) is 0 Å². The molecule has 24 heavy (non-hydrogen) atoms. The van der Waals surface area contributed by atoms with Crippen molar-refractivity contribution in [2.24, 2.45) is 5.92 Å². The van der Waals surface area contributed by atoms with E-state index in [2.05, 4.69) is 5.32 Å². The zero-order valence-corrected chi connectivity index (χ0v) is 14.3. The Labute approximate surface area is 146 Å². The third kappa shape index (κ3) is 4.71. The van der Waals surface area contributed by atoms with E-state index in [1.54, 1.807) is 36.1 Å². The van der Waals surface area contributed by atoms with Crippen LogP contribution in [0.4, 0.5) is 0 Å². The van der Waals surface area contributed by atoms with Crippen molar-refractivity contribution in [2.45, 2.75) is 19.8 Å². The predicted molar refractivity (Wildman–Crippen MR) is 89.7 cm³/mol. The zero-order valence-electron chi connectivity index (χ0n) is 13.6. The molecular weight excluding hydrogens is 332 g/mol. The zero-order chi connectivity index (χ0) is 17.5. The van der Waals surface area contributed by atoms with Gasteiger partial charge in [-0.2, -0.15) is 0 Å². The summed E-state index contributed by atoms with van der Waals surface area (Å²) in [7, 11) is 0. The van der Waals surface area contributed by atoms with Gasteiger partial charge >= 0.3 is 5.97 Å². The molecule has 6 nitrogen and oxygen atoms in total. The number of carbonyl (C=O) groups excluding carboxylic acids is 3. The lowest BCUT2D eigenvalue weighted by atomic mass is 9.98. The van der Waals surface area contributed by atoms with E-state index in [4.69, 9.17) is 16.3 Å². The number of rotatable bonds is 5. The van der Waals surface area contributed by atoms with Gasteiger partial charge in [0, 0.05) is 13.1 Å². The van der Waals surface area contributed by atoms with E-state index in [1.165, 1.54) is 0 Å². The van der Waals surface area contributed by atoms with Gasteiger partial charge in [-0.1, -0.05) is 23.7 Å². The van der Waals surface area contributed by atoms with Gasteiger partial charge in [-0.25, -0.2) is 0 Å². The minimum Gasteiger partial charge on any atom is -0.466 e. The quantitative estimate of drug-likeness (QED) is 0.821. The molecule has 0 aromatic heterocycles. The Bertz CT molecular complexity index is 620. The summed E-state index contributed by atoms with van der Waals surface area (Å²) in [6.45, 7) is 2.88. The maximum atomic E-state index is 12.3. The van der Waals surface area contributed by atoms with Crippen LogP contribution in [0.1, 0.15) is 30.1 Å². The highest BCUT2D eigenvalue weighted by atomic mass is 35.5. The van der Waals surface area contributed by atoms with Crippen molar-refractivity contribution < 1.29 is 19.1 Å². The first kappa shape index (κ1) is 18.3. The van der Waals surface area contributed by atoms with Crippen LogP contribution in [0, 0.1) is 5.92 Å². The first-order valence-corrected chi connectivity index (χ1v) is 8.37. The van der Waals surface area contributed by atoms with Gasteiger partial charge in [-0.3, -0.25) is 14.4 Å². The number of nitrogens with zero attached hydrogens (tertiary/aromatic N) is 1. The number of nitrogens with one attached hydrogen (secondary N) is 1. The molecule has 1 fully saturated rings. The van der Waals surface area contributed by atoms with Crippen LogP contribution in [-0.4, -0.2) is 48.9 Å². The van der Waals surface area contributed by atoms with Gasteiger partial charge in [0.05, 0.1) is 29.7 Å². The lowest BCUT2D eigenvalue weighted by Gasteiger charge is -2.31. The van der Waals surface area contributed by atoms with Crippen LogP contribution in [0.5, 0.6) is 0 Å². The fourth-order valence-electron chi connectivity index (χ4n) is 2.66. The van der Waals surface area contributed by atoms with Crippen LogP contribution in [-0.2, 0) is 14.3 Å². The Morgan fingerprint density at radius 3 is 2.79 bits per heavy atom. The molecular formula is C17H21ClN2O4. The number of hydrogen-bond acceptors (Lipinski definition) is 4. The molecule has 1 atom stereocenters. The smallest absolute Gasteiger partial charge is 0.310 e. The summed E-state index contributed by atoms with van der Waals surface area (Å²) < 4.78 is 5.02. The number of piperidine rings is 1. The van der Waals surface area contributed by atoms with Gasteiger partial charge in [0.1, 0.15) is 0 Å². The largest absolute Gasteiger partial charge is 0.466 e. The number of esters is 1. The number of likely N-dealkylation sites (tertiary alicyclic amines) is 1. The molecule has 2 amide bonds.